The summed E-state index contributed by atoms with van der Waals surface area (Å²) in [6.45, 7) is 8.83. The molecule has 0 saturated carbocycles. The van der Waals surface area contributed by atoms with Gasteiger partial charge in [0, 0.05) is 42.0 Å². The summed E-state index contributed by atoms with van der Waals surface area (Å²) < 4.78 is 1.86. The molecule has 3 aromatic heterocycles. The Bertz CT molecular complexity index is 1160. The van der Waals surface area contributed by atoms with E-state index in [0.29, 0.717) is 24.2 Å². The highest BCUT2D eigenvalue weighted by molar-refractivity contribution is 7.12. The van der Waals surface area contributed by atoms with E-state index in [-0.39, 0.29) is 17.9 Å². The zero-order valence-corrected chi connectivity index (χ0v) is 19.8. The number of hydrogen-bond acceptors (Lipinski definition) is 5. The molecule has 31 heavy (non-hydrogen) atoms. The van der Waals surface area contributed by atoms with Crippen LogP contribution in [0.5, 0.6) is 0 Å². The first-order valence-corrected chi connectivity index (χ1v) is 11.5. The summed E-state index contributed by atoms with van der Waals surface area (Å²) >= 11 is 1.72. The van der Waals surface area contributed by atoms with Crippen LogP contribution in [0.2, 0.25) is 0 Å². The predicted octanol–water partition coefficient (Wildman–Crippen LogP) is 4.05. The monoisotopic (exact) mass is 439 g/mol. The zero-order chi connectivity index (χ0) is 22.4. The van der Waals surface area contributed by atoms with E-state index in [4.69, 9.17) is 4.98 Å². The highest BCUT2D eigenvalue weighted by atomic mass is 32.1. The Morgan fingerprint density at radius 2 is 1.97 bits per heavy atom. The summed E-state index contributed by atoms with van der Waals surface area (Å²) in [4.78, 5) is 37.0. The molecule has 0 aliphatic carbocycles. The number of amides is 2. The molecule has 1 unspecified atom stereocenters. The summed E-state index contributed by atoms with van der Waals surface area (Å²) in [5.41, 5.74) is 3.08. The van der Waals surface area contributed by atoms with Crippen molar-refractivity contribution in [3.8, 4) is 11.3 Å². The number of likely N-dealkylation sites (tertiary alicyclic amines) is 1. The van der Waals surface area contributed by atoms with Crippen molar-refractivity contribution in [2.45, 2.75) is 52.6 Å². The Labute approximate surface area is 186 Å². The fourth-order valence-electron chi connectivity index (χ4n) is 4.32. The van der Waals surface area contributed by atoms with Crippen LogP contribution in [0.15, 0.2) is 18.3 Å². The average molecular weight is 440 g/mol. The van der Waals surface area contributed by atoms with Gasteiger partial charge < -0.3 is 9.80 Å². The quantitative estimate of drug-likeness (QED) is 0.615. The Hall–Kier alpha value is -2.74. The summed E-state index contributed by atoms with van der Waals surface area (Å²) in [7, 11) is 3.47. The number of aromatic nitrogens is 3. The van der Waals surface area contributed by atoms with Gasteiger partial charge in [-0.25, -0.2) is 9.67 Å². The number of pyridine rings is 1. The number of thiophene rings is 1. The summed E-state index contributed by atoms with van der Waals surface area (Å²) in [5, 5.41) is 5.25. The molecule has 4 heterocycles. The molecular weight excluding hydrogens is 410 g/mol. The molecule has 1 fully saturated rings. The Morgan fingerprint density at radius 3 is 2.58 bits per heavy atom. The molecule has 164 valence electrons. The lowest BCUT2D eigenvalue weighted by molar-refractivity contribution is -0.132. The third-order valence-corrected chi connectivity index (χ3v) is 6.81. The third-order valence-electron chi connectivity index (χ3n) is 5.84. The van der Waals surface area contributed by atoms with Gasteiger partial charge in [-0.3, -0.25) is 9.59 Å². The minimum atomic E-state index is -0.417. The summed E-state index contributed by atoms with van der Waals surface area (Å²) in [6, 6.07) is 3.69. The first-order valence-electron chi connectivity index (χ1n) is 10.7. The second kappa shape index (κ2) is 8.07. The molecule has 1 saturated heterocycles. The maximum absolute atomic E-state index is 13.7. The van der Waals surface area contributed by atoms with Crippen LogP contribution in [0.1, 0.15) is 52.8 Å². The molecule has 1 atom stereocenters. The van der Waals surface area contributed by atoms with E-state index >= 15 is 0 Å². The van der Waals surface area contributed by atoms with Crippen LogP contribution in [-0.2, 0) is 4.79 Å². The average Bonchev–Trinajstić information content (AvgIpc) is 3.43. The fourth-order valence-corrected chi connectivity index (χ4v) is 5.25. The Balaban J connectivity index is 1.87. The number of hydrogen-bond donors (Lipinski definition) is 0. The van der Waals surface area contributed by atoms with Crippen molar-refractivity contribution in [1.82, 2.24) is 24.6 Å². The maximum Gasteiger partial charge on any atom is 0.255 e. The van der Waals surface area contributed by atoms with Crippen molar-refractivity contribution < 1.29 is 9.59 Å². The van der Waals surface area contributed by atoms with E-state index in [0.717, 1.165) is 23.1 Å². The van der Waals surface area contributed by atoms with Gasteiger partial charge in [-0.05, 0) is 52.7 Å². The van der Waals surface area contributed by atoms with Crippen LogP contribution >= 0.6 is 11.3 Å². The standard InChI is InChI=1S/C23H29N5O2S/c1-13(2)28-21-18(12-24-28)17(11-19(25-21)16-10-14(3)31-15(16)4)22(29)27-9-7-8-20(27)23(30)26(5)6/h10-13,20H,7-9H2,1-6H3. The number of rotatable bonds is 4. The van der Waals surface area contributed by atoms with Crippen molar-refractivity contribution >= 4 is 34.2 Å². The van der Waals surface area contributed by atoms with E-state index < -0.39 is 6.04 Å². The minimum absolute atomic E-state index is 0.0291. The van der Waals surface area contributed by atoms with Gasteiger partial charge in [0.1, 0.15) is 6.04 Å². The van der Waals surface area contributed by atoms with E-state index in [1.165, 1.54) is 9.75 Å². The number of carbonyl (C=O) groups excluding carboxylic acids is 2. The summed E-state index contributed by atoms with van der Waals surface area (Å²) in [6.07, 6.45) is 3.24. The topological polar surface area (TPSA) is 71.3 Å². The molecule has 4 rings (SSSR count). The normalized spacial score (nSPS) is 16.5. The highest BCUT2D eigenvalue weighted by Gasteiger charge is 2.36. The lowest BCUT2D eigenvalue weighted by Gasteiger charge is -2.26. The van der Waals surface area contributed by atoms with Gasteiger partial charge in [0.05, 0.1) is 22.8 Å². The van der Waals surface area contributed by atoms with Gasteiger partial charge in [-0.15, -0.1) is 11.3 Å². The second-order valence-corrected chi connectivity index (χ2v) is 10.2. The Kier molecular flexibility index (Phi) is 5.60. The van der Waals surface area contributed by atoms with Gasteiger partial charge in [0.25, 0.3) is 5.91 Å². The molecule has 3 aromatic rings. The molecule has 2 amide bonds. The molecular formula is C23H29N5O2S. The number of fused-ring (bicyclic) bond motifs is 1. The van der Waals surface area contributed by atoms with Crippen LogP contribution < -0.4 is 0 Å². The third kappa shape index (κ3) is 3.73. The van der Waals surface area contributed by atoms with Gasteiger partial charge >= 0.3 is 0 Å². The molecule has 0 spiro atoms. The zero-order valence-electron chi connectivity index (χ0n) is 19.0. The first kappa shape index (κ1) is 21.5. The van der Waals surface area contributed by atoms with E-state index in [2.05, 4.69) is 38.9 Å². The smallest absolute Gasteiger partial charge is 0.255 e. The van der Waals surface area contributed by atoms with Crippen molar-refractivity contribution in [2.24, 2.45) is 0 Å². The van der Waals surface area contributed by atoms with Crippen molar-refractivity contribution in [3.05, 3.63) is 33.6 Å². The lowest BCUT2D eigenvalue weighted by atomic mass is 10.1. The van der Waals surface area contributed by atoms with E-state index in [1.807, 2.05) is 10.7 Å². The molecule has 0 radical (unpaired) electrons. The van der Waals surface area contributed by atoms with Gasteiger partial charge in [-0.1, -0.05) is 0 Å². The van der Waals surface area contributed by atoms with Crippen LogP contribution in [0.4, 0.5) is 0 Å². The van der Waals surface area contributed by atoms with Crippen molar-refractivity contribution in [2.75, 3.05) is 20.6 Å². The molecule has 1 aliphatic rings. The van der Waals surface area contributed by atoms with Crippen LogP contribution in [0, 0.1) is 13.8 Å². The number of likely N-dealkylation sites (N-methyl/N-ethyl adjacent to an activating group) is 1. The fraction of sp³-hybridized carbons (Fsp3) is 0.478. The summed E-state index contributed by atoms with van der Waals surface area (Å²) in [5.74, 6) is -0.155. The van der Waals surface area contributed by atoms with Gasteiger partial charge in [0.2, 0.25) is 5.91 Å². The number of nitrogens with zero attached hydrogens (tertiary/aromatic N) is 5. The molecule has 8 heteroatoms. The highest BCUT2D eigenvalue weighted by Crippen LogP contribution is 2.33. The van der Waals surface area contributed by atoms with E-state index in [1.54, 1.807) is 41.4 Å². The molecule has 1 aliphatic heterocycles. The molecule has 0 bridgehead atoms. The van der Waals surface area contributed by atoms with Crippen LogP contribution in [0.3, 0.4) is 0 Å². The lowest BCUT2D eigenvalue weighted by Crippen LogP contribution is -2.45. The van der Waals surface area contributed by atoms with Gasteiger partial charge in [0.15, 0.2) is 5.65 Å². The molecule has 0 aromatic carbocycles. The van der Waals surface area contributed by atoms with Crippen molar-refractivity contribution in [1.29, 1.82) is 0 Å². The SMILES string of the molecule is Cc1cc(-c2cc(C(=O)N3CCCC3C(=O)N(C)C)c3cnn(C(C)C)c3n2)c(C)s1. The molecule has 0 N–H and O–H groups in total. The van der Waals surface area contributed by atoms with Gasteiger partial charge in [-0.2, -0.15) is 5.10 Å². The number of carbonyl (C=O) groups is 2. The predicted molar refractivity (Wildman–Crippen MR) is 123 cm³/mol. The van der Waals surface area contributed by atoms with Crippen LogP contribution in [-0.4, -0.2) is 63.1 Å². The maximum atomic E-state index is 13.7. The van der Waals surface area contributed by atoms with E-state index in [9.17, 15) is 9.59 Å². The molecule has 7 nitrogen and oxygen atoms in total. The van der Waals surface area contributed by atoms with Crippen molar-refractivity contribution in [3.63, 3.8) is 0 Å². The largest absolute Gasteiger partial charge is 0.347 e. The Morgan fingerprint density at radius 1 is 1.23 bits per heavy atom. The second-order valence-electron chi connectivity index (χ2n) is 8.69. The van der Waals surface area contributed by atoms with Crippen LogP contribution in [0.25, 0.3) is 22.3 Å². The first-order chi connectivity index (χ1) is 14.7. The number of aryl methyl sites for hydroxylation is 2. The minimum Gasteiger partial charge on any atom is -0.347 e.